The van der Waals surface area contributed by atoms with Crippen molar-refractivity contribution in [3.63, 3.8) is 0 Å². The number of rotatable bonds is 5. The first-order valence-corrected chi connectivity index (χ1v) is 7.55. The zero-order chi connectivity index (χ0) is 15.6. The summed E-state index contributed by atoms with van der Waals surface area (Å²) in [6, 6.07) is 0.00854. The van der Waals surface area contributed by atoms with Crippen LogP contribution in [0.1, 0.15) is 30.3 Å². The van der Waals surface area contributed by atoms with Gasteiger partial charge in [0.1, 0.15) is 12.2 Å². The average Bonchev–Trinajstić information content (AvgIpc) is 3.26. The van der Waals surface area contributed by atoms with Gasteiger partial charge in [0, 0.05) is 12.2 Å². The molecular weight excluding hydrogens is 339 g/mol. The highest BCUT2D eigenvalue weighted by Crippen LogP contribution is 2.34. The third-order valence-electron chi connectivity index (χ3n) is 2.97. The fourth-order valence-electron chi connectivity index (χ4n) is 1.83. The van der Waals surface area contributed by atoms with Crippen molar-refractivity contribution in [2.75, 3.05) is 13.2 Å². The molecule has 1 fully saturated rings. The lowest BCUT2D eigenvalue weighted by atomic mass is 10.3. The summed E-state index contributed by atoms with van der Waals surface area (Å²) in [5.41, 5.74) is -0.0118. The van der Waals surface area contributed by atoms with Gasteiger partial charge in [-0.05, 0) is 19.8 Å². The predicted molar refractivity (Wildman–Crippen MR) is 80.0 cm³/mol. The zero-order valence-electron chi connectivity index (χ0n) is 11.2. The van der Waals surface area contributed by atoms with E-state index in [1.165, 1.54) is 11.1 Å². The van der Waals surface area contributed by atoms with Crippen LogP contribution in [-0.2, 0) is 9.53 Å². The van der Waals surface area contributed by atoms with E-state index in [0.29, 0.717) is 0 Å². The SMILES string of the molecule is CCOC(=O)CN(C(=O)c1ncc(Cl)c(Cl)c1Cl)C1CC1. The van der Waals surface area contributed by atoms with Gasteiger partial charge in [-0.15, -0.1) is 0 Å². The van der Waals surface area contributed by atoms with Gasteiger partial charge < -0.3 is 9.64 Å². The van der Waals surface area contributed by atoms with Crippen molar-refractivity contribution in [1.29, 1.82) is 0 Å². The first-order chi connectivity index (χ1) is 9.95. The minimum absolute atomic E-state index is 0.00854. The molecule has 0 radical (unpaired) electrons. The third-order valence-corrected chi connectivity index (χ3v) is 4.21. The van der Waals surface area contributed by atoms with Crippen LogP contribution in [0, 0.1) is 0 Å². The number of amides is 1. The van der Waals surface area contributed by atoms with E-state index in [0.717, 1.165) is 12.8 Å². The molecule has 0 saturated heterocycles. The molecule has 1 heterocycles. The molecule has 1 aliphatic rings. The molecule has 21 heavy (non-hydrogen) atoms. The van der Waals surface area contributed by atoms with Crippen molar-refractivity contribution >= 4 is 46.7 Å². The highest BCUT2D eigenvalue weighted by molar-refractivity contribution is 6.48. The number of pyridine rings is 1. The van der Waals surface area contributed by atoms with Gasteiger partial charge in [-0.3, -0.25) is 9.59 Å². The van der Waals surface area contributed by atoms with Crippen LogP contribution in [0.2, 0.25) is 15.1 Å². The van der Waals surface area contributed by atoms with Gasteiger partial charge in [0.15, 0.2) is 0 Å². The largest absolute Gasteiger partial charge is 0.465 e. The van der Waals surface area contributed by atoms with E-state index in [1.54, 1.807) is 6.92 Å². The van der Waals surface area contributed by atoms with Crippen molar-refractivity contribution < 1.29 is 14.3 Å². The van der Waals surface area contributed by atoms with E-state index >= 15 is 0 Å². The molecule has 1 aromatic heterocycles. The lowest BCUT2D eigenvalue weighted by molar-refractivity contribution is -0.144. The summed E-state index contributed by atoms with van der Waals surface area (Å²) < 4.78 is 4.88. The fourth-order valence-corrected chi connectivity index (χ4v) is 2.39. The Bertz CT molecular complexity index is 576. The smallest absolute Gasteiger partial charge is 0.325 e. The zero-order valence-corrected chi connectivity index (χ0v) is 13.5. The van der Waals surface area contributed by atoms with E-state index in [1.807, 2.05) is 0 Å². The number of aromatic nitrogens is 1. The Morgan fingerprint density at radius 3 is 2.57 bits per heavy atom. The molecule has 0 aromatic carbocycles. The third kappa shape index (κ3) is 3.78. The minimum Gasteiger partial charge on any atom is -0.465 e. The molecule has 0 bridgehead atoms. The number of nitrogens with zero attached hydrogens (tertiary/aromatic N) is 2. The summed E-state index contributed by atoms with van der Waals surface area (Å²) in [6.45, 7) is 1.84. The van der Waals surface area contributed by atoms with Crippen molar-refractivity contribution in [2.45, 2.75) is 25.8 Å². The van der Waals surface area contributed by atoms with Gasteiger partial charge in [0.25, 0.3) is 5.91 Å². The van der Waals surface area contributed by atoms with Crippen LogP contribution in [0.25, 0.3) is 0 Å². The maximum absolute atomic E-state index is 12.5. The van der Waals surface area contributed by atoms with Gasteiger partial charge >= 0.3 is 5.97 Å². The number of carbonyl (C=O) groups excluding carboxylic acids is 2. The van der Waals surface area contributed by atoms with Gasteiger partial charge in [-0.2, -0.15) is 0 Å². The number of carbonyl (C=O) groups is 2. The standard InChI is InChI=1S/C13H13Cl3N2O3/c1-2-21-9(19)6-18(7-3-4-7)13(20)12-11(16)10(15)8(14)5-17-12/h5,7H,2-4,6H2,1H3. The normalized spacial score (nSPS) is 13.9. The minimum atomic E-state index is -0.464. The second-order valence-electron chi connectivity index (χ2n) is 4.55. The number of ether oxygens (including phenoxy) is 1. The van der Waals surface area contributed by atoms with Gasteiger partial charge in [-0.1, -0.05) is 34.8 Å². The van der Waals surface area contributed by atoms with Gasteiger partial charge in [0.05, 0.1) is 21.7 Å². The highest BCUT2D eigenvalue weighted by Gasteiger charge is 2.36. The first-order valence-electron chi connectivity index (χ1n) is 6.41. The first kappa shape index (κ1) is 16.3. The summed E-state index contributed by atoms with van der Waals surface area (Å²) >= 11 is 17.7. The van der Waals surface area contributed by atoms with Crippen LogP contribution in [0.4, 0.5) is 0 Å². The van der Waals surface area contributed by atoms with Crippen LogP contribution >= 0.6 is 34.8 Å². The Labute approximate surface area is 137 Å². The topological polar surface area (TPSA) is 59.5 Å². The second-order valence-corrected chi connectivity index (χ2v) is 5.72. The number of halogens is 3. The number of hydrogen-bond donors (Lipinski definition) is 0. The van der Waals surface area contributed by atoms with Crippen LogP contribution in [-0.4, -0.2) is 41.0 Å². The van der Waals surface area contributed by atoms with E-state index < -0.39 is 11.9 Å². The van der Waals surface area contributed by atoms with E-state index in [-0.39, 0.29) is 40.0 Å². The second kappa shape index (κ2) is 6.81. The van der Waals surface area contributed by atoms with Crippen molar-refractivity contribution in [1.82, 2.24) is 9.88 Å². The lowest BCUT2D eigenvalue weighted by Gasteiger charge is -2.21. The van der Waals surface area contributed by atoms with Crippen LogP contribution < -0.4 is 0 Å². The van der Waals surface area contributed by atoms with Crippen LogP contribution in [0.3, 0.4) is 0 Å². The molecule has 5 nitrogen and oxygen atoms in total. The molecule has 0 aliphatic heterocycles. The molecule has 1 aromatic rings. The number of esters is 1. The molecule has 0 atom stereocenters. The van der Waals surface area contributed by atoms with Crippen LogP contribution in [0.5, 0.6) is 0 Å². The summed E-state index contributed by atoms with van der Waals surface area (Å²) in [5, 5.41) is 0.230. The molecule has 1 saturated carbocycles. The molecule has 0 N–H and O–H groups in total. The Balaban J connectivity index is 2.23. The van der Waals surface area contributed by atoms with E-state index in [2.05, 4.69) is 4.98 Å². The summed E-state index contributed by atoms with van der Waals surface area (Å²) in [7, 11) is 0. The quantitative estimate of drug-likeness (QED) is 0.764. The van der Waals surface area contributed by atoms with Crippen molar-refractivity contribution in [3.8, 4) is 0 Å². The molecule has 8 heteroatoms. The molecule has 0 unspecified atom stereocenters. The monoisotopic (exact) mass is 350 g/mol. The van der Waals surface area contributed by atoms with Gasteiger partial charge in [-0.25, -0.2) is 4.98 Å². The van der Waals surface area contributed by atoms with E-state index in [4.69, 9.17) is 39.5 Å². The Morgan fingerprint density at radius 1 is 1.33 bits per heavy atom. The predicted octanol–water partition coefficient (Wildman–Crippen LogP) is 3.21. The van der Waals surface area contributed by atoms with Gasteiger partial charge in [0.2, 0.25) is 0 Å². The summed E-state index contributed by atoms with van der Waals surface area (Å²) in [6.07, 6.45) is 2.94. The number of hydrogen-bond acceptors (Lipinski definition) is 4. The summed E-state index contributed by atoms with van der Waals surface area (Å²) in [5.74, 6) is -0.914. The van der Waals surface area contributed by atoms with Crippen molar-refractivity contribution in [3.05, 3.63) is 27.0 Å². The molecule has 114 valence electrons. The maximum Gasteiger partial charge on any atom is 0.325 e. The Hall–Kier alpha value is -1.04. The molecule has 2 rings (SSSR count). The fraction of sp³-hybridized carbons (Fsp3) is 0.462. The summed E-state index contributed by atoms with van der Waals surface area (Å²) in [4.78, 5) is 29.5. The highest BCUT2D eigenvalue weighted by atomic mass is 35.5. The van der Waals surface area contributed by atoms with Crippen molar-refractivity contribution in [2.24, 2.45) is 0 Å². The van der Waals surface area contributed by atoms with E-state index in [9.17, 15) is 9.59 Å². The maximum atomic E-state index is 12.5. The molecular formula is C13H13Cl3N2O3. The molecule has 0 spiro atoms. The van der Waals surface area contributed by atoms with Crippen LogP contribution in [0.15, 0.2) is 6.20 Å². The Kier molecular flexibility index (Phi) is 5.30. The molecule has 1 amide bonds. The lowest BCUT2D eigenvalue weighted by Crippen LogP contribution is -2.38. The molecule has 1 aliphatic carbocycles. The Morgan fingerprint density at radius 2 is 2.00 bits per heavy atom. The average molecular weight is 352 g/mol.